The van der Waals surface area contributed by atoms with Crippen molar-refractivity contribution in [2.75, 3.05) is 18.8 Å². The number of primary amides is 2. The molecule has 0 atom stereocenters. The molecule has 0 bridgehead atoms. The maximum absolute atomic E-state index is 12.3. The number of hydrogen-bond donors (Lipinski definition) is 3. The Labute approximate surface area is 116 Å². The van der Waals surface area contributed by atoms with Gasteiger partial charge in [-0.25, -0.2) is 0 Å². The molecule has 108 valence electrons. The Morgan fingerprint density at radius 2 is 1.35 bits per heavy atom. The van der Waals surface area contributed by atoms with Crippen molar-refractivity contribution in [3.63, 3.8) is 0 Å². The van der Waals surface area contributed by atoms with Crippen LogP contribution in [-0.4, -0.2) is 35.7 Å². The molecule has 0 aliphatic heterocycles. The number of nitrogens with two attached hydrogens (primary N) is 3. The molecule has 0 aliphatic carbocycles. The first kappa shape index (κ1) is 15.5. The van der Waals surface area contributed by atoms with Gasteiger partial charge in [-0.15, -0.1) is 0 Å². The Hall–Kier alpha value is -2.57. The smallest absolute Gasteiger partial charge is 0.253 e. The lowest BCUT2D eigenvalue weighted by atomic mass is 10.1. The molecule has 0 saturated carbocycles. The molecule has 0 radical (unpaired) electrons. The molecule has 7 heteroatoms. The highest BCUT2D eigenvalue weighted by Gasteiger charge is 2.16. The van der Waals surface area contributed by atoms with Crippen LogP contribution in [-0.2, 0) is 9.59 Å². The van der Waals surface area contributed by atoms with E-state index < -0.39 is 11.8 Å². The zero-order valence-corrected chi connectivity index (χ0v) is 11.0. The zero-order chi connectivity index (χ0) is 15.1. The zero-order valence-electron chi connectivity index (χ0n) is 11.0. The van der Waals surface area contributed by atoms with Crippen molar-refractivity contribution in [2.45, 2.75) is 12.8 Å². The summed E-state index contributed by atoms with van der Waals surface area (Å²) in [5.41, 5.74) is 16.7. The molecule has 0 heterocycles. The lowest BCUT2D eigenvalue weighted by Gasteiger charge is -2.21. The van der Waals surface area contributed by atoms with Gasteiger partial charge in [0.25, 0.3) is 5.91 Å². The van der Waals surface area contributed by atoms with Gasteiger partial charge in [-0.1, -0.05) is 0 Å². The van der Waals surface area contributed by atoms with E-state index in [-0.39, 0.29) is 31.8 Å². The first-order chi connectivity index (χ1) is 9.40. The van der Waals surface area contributed by atoms with Gasteiger partial charge < -0.3 is 22.1 Å². The van der Waals surface area contributed by atoms with Crippen LogP contribution in [0.3, 0.4) is 0 Å². The summed E-state index contributed by atoms with van der Waals surface area (Å²) in [6.07, 6.45) is 0.0545. The van der Waals surface area contributed by atoms with Crippen molar-refractivity contribution in [1.82, 2.24) is 4.90 Å². The summed E-state index contributed by atoms with van der Waals surface area (Å²) in [4.78, 5) is 35.3. The van der Waals surface area contributed by atoms with Gasteiger partial charge >= 0.3 is 0 Å². The van der Waals surface area contributed by atoms with Crippen LogP contribution < -0.4 is 17.2 Å². The molecule has 1 rings (SSSR count). The highest BCUT2D eigenvalue weighted by atomic mass is 16.2. The highest BCUT2D eigenvalue weighted by Crippen LogP contribution is 2.09. The van der Waals surface area contributed by atoms with Crippen molar-refractivity contribution in [1.29, 1.82) is 0 Å². The van der Waals surface area contributed by atoms with E-state index in [0.29, 0.717) is 11.3 Å². The average molecular weight is 278 g/mol. The lowest BCUT2D eigenvalue weighted by molar-refractivity contribution is -0.118. The molecular weight excluding hydrogens is 260 g/mol. The summed E-state index contributed by atoms with van der Waals surface area (Å²) >= 11 is 0. The number of nitrogen functional groups attached to an aromatic ring is 1. The summed E-state index contributed by atoms with van der Waals surface area (Å²) in [6, 6.07) is 6.37. The van der Waals surface area contributed by atoms with Crippen LogP contribution in [0.5, 0.6) is 0 Å². The Kier molecular flexibility index (Phi) is 5.52. The third kappa shape index (κ3) is 4.97. The van der Waals surface area contributed by atoms with Gasteiger partial charge in [-0.3, -0.25) is 14.4 Å². The molecule has 3 amide bonds. The molecular formula is C13H18N4O3. The van der Waals surface area contributed by atoms with Crippen molar-refractivity contribution < 1.29 is 14.4 Å². The van der Waals surface area contributed by atoms with Crippen molar-refractivity contribution in [3.8, 4) is 0 Å². The third-order valence-electron chi connectivity index (χ3n) is 2.70. The number of rotatable bonds is 7. The lowest BCUT2D eigenvalue weighted by Crippen LogP contribution is -2.36. The second kappa shape index (κ2) is 7.13. The normalized spacial score (nSPS) is 10.0. The third-order valence-corrected chi connectivity index (χ3v) is 2.70. The van der Waals surface area contributed by atoms with Crippen molar-refractivity contribution in [3.05, 3.63) is 29.8 Å². The van der Waals surface area contributed by atoms with Gasteiger partial charge in [0, 0.05) is 37.2 Å². The van der Waals surface area contributed by atoms with Gasteiger partial charge in [0.15, 0.2) is 0 Å². The van der Waals surface area contributed by atoms with E-state index in [0.717, 1.165) is 0 Å². The molecule has 0 aliphatic rings. The average Bonchev–Trinajstić information content (AvgIpc) is 2.38. The predicted octanol–water partition coefficient (Wildman–Crippen LogP) is -0.538. The van der Waals surface area contributed by atoms with Crippen molar-refractivity contribution >= 4 is 23.4 Å². The molecule has 1 aromatic carbocycles. The quantitative estimate of drug-likeness (QED) is 0.578. The molecule has 0 unspecified atom stereocenters. The van der Waals surface area contributed by atoms with Gasteiger partial charge in [-0.05, 0) is 24.3 Å². The molecule has 0 saturated heterocycles. The Morgan fingerprint density at radius 3 is 1.75 bits per heavy atom. The van der Waals surface area contributed by atoms with Crippen LogP contribution in [0.4, 0.5) is 5.69 Å². The Bertz CT molecular complexity index is 481. The Morgan fingerprint density at radius 1 is 0.900 bits per heavy atom. The van der Waals surface area contributed by atoms with Gasteiger partial charge in [-0.2, -0.15) is 0 Å². The van der Waals surface area contributed by atoms with E-state index in [1.807, 2.05) is 0 Å². The summed E-state index contributed by atoms with van der Waals surface area (Å²) in [6.45, 7) is 0.289. The topological polar surface area (TPSA) is 133 Å². The van der Waals surface area contributed by atoms with E-state index in [2.05, 4.69) is 0 Å². The van der Waals surface area contributed by atoms with E-state index in [1.165, 1.54) is 4.90 Å². The number of hydrogen-bond acceptors (Lipinski definition) is 4. The molecule has 7 nitrogen and oxygen atoms in total. The molecule has 0 aromatic heterocycles. The maximum atomic E-state index is 12.3. The SMILES string of the molecule is NC(=O)CCN(CCC(N)=O)C(=O)c1ccc(N)cc1. The van der Waals surface area contributed by atoms with Crippen molar-refractivity contribution in [2.24, 2.45) is 11.5 Å². The molecule has 0 spiro atoms. The van der Waals surface area contributed by atoms with Crippen LogP contribution in [0.2, 0.25) is 0 Å². The van der Waals surface area contributed by atoms with E-state index >= 15 is 0 Å². The predicted molar refractivity (Wildman–Crippen MR) is 74.4 cm³/mol. The second-order valence-corrected chi connectivity index (χ2v) is 4.35. The number of nitrogens with zero attached hydrogens (tertiary/aromatic N) is 1. The van der Waals surface area contributed by atoms with Gasteiger partial charge in [0.1, 0.15) is 0 Å². The summed E-state index contributed by atoms with van der Waals surface area (Å²) in [7, 11) is 0. The minimum Gasteiger partial charge on any atom is -0.399 e. The first-order valence-corrected chi connectivity index (χ1v) is 6.11. The van der Waals surface area contributed by atoms with Crippen LogP contribution in [0.15, 0.2) is 24.3 Å². The molecule has 1 aromatic rings. The molecule has 20 heavy (non-hydrogen) atoms. The highest BCUT2D eigenvalue weighted by molar-refractivity contribution is 5.95. The van der Waals surface area contributed by atoms with E-state index in [1.54, 1.807) is 24.3 Å². The minimum absolute atomic E-state index is 0.0273. The fraction of sp³-hybridized carbons (Fsp3) is 0.308. The van der Waals surface area contributed by atoms with E-state index in [4.69, 9.17) is 17.2 Å². The van der Waals surface area contributed by atoms with Crippen LogP contribution in [0.1, 0.15) is 23.2 Å². The van der Waals surface area contributed by atoms with Gasteiger partial charge in [0.05, 0.1) is 0 Å². The second-order valence-electron chi connectivity index (χ2n) is 4.35. The largest absolute Gasteiger partial charge is 0.399 e. The Balaban J connectivity index is 2.78. The molecule has 0 fully saturated rings. The van der Waals surface area contributed by atoms with Crippen LogP contribution in [0, 0.1) is 0 Å². The summed E-state index contributed by atoms with van der Waals surface area (Å²) in [5, 5.41) is 0. The number of anilines is 1. The number of benzene rings is 1. The number of amides is 3. The summed E-state index contributed by atoms with van der Waals surface area (Å²) in [5.74, 6) is -1.33. The van der Waals surface area contributed by atoms with Crippen LogP contribution in [0.25, 0.3) is 0 Å². The number of carbonyl (C=O) groups excluding carboxylic acids is 3. The monoisotopic (exact) mass is 278 g/mol. The fourth-order valence-corrected chi connectivity index (χ4v) is 1.61. The maximum Gasteiger partial charge on any atom is 0.253 e. The van der Waals surface area contributed by atoms with Crippen LogP contribution >= 0.6 is 0 Å². The number of carbonyl (C=O) groups is 3. The first-order valence-electron chi connectivity index (χ1n) is 6.11. The minimum atomic E-state index is -0.515. The standard InChI is InChI=1S/C13H18N4O3/c14-10-3-1-9(2-4-10)13(20)17(7-5-11(15)18)8-6-12(16)19/h1-4H,5-8,14H2,(H2,15,18)(H2,16,19). The molecule has 6 N–H and O–H groups in total. The summed E-state index contributed by atoms with van der Waals surface area (Å²) < 4.78 is 0. The van der Waals surface area contributed by atoms with E-state index in [9.17, 15) is 14.4 Å². The van der Waals surface area contributed by atoms with Gasteiger partial charge in [0.2, 0.25) is 11.8 Å². The fourth-order valence-electron chi connectivity index (χ4n) is 1.61.